The Balaban J connectivity index is 1.96. The van der Waals surface area contributed by atoms with E-state index in [9.17, 15) is 0 Å². The normalized spacial score (nSPS) is 47.2. The van der Waals surface area contributed by atoms with Gasteiger partial charge in [0.15, 0.2) is 0 Å². The molecule has 1 heteroatoms. The minimum atomic E-state index is 0.382. The van der Waals surface area contributed by atoms with E-state index in [1.54, 1.807) is 5.57 Å². The predicted molar refractivity (Wildman–Crippen MR) is 70.8 cm³/mol. The quantitative estimate of drug-likeness (QED) is 0.655. The van der Waals surface area contributed by atoms with Gasteiger partial charge in [-0.15, -0.1) is 0 Å². The fourth-order valence-electron chi connectivity index (χ4n) is 5.32. The highest BCUT2D eigenvalue weighted by molar-refractivity contribution is 5.27. The Kier molecular flexibility index (Phi) is 2.49. The van der Waals surface area contributed by atoms with Crippen molar-refractivity contribution in [3.63, 3.8) is 0 Å². The van der Waals surface area contributed by atoms with Gasteiger partial charge < -0.3 is 4.74 Å². The van der Waals surface area contributed by atoms with Crippen molar-refractivity contribution in [3.05, 3.63) is 12.2 Å². The minimum absolute atomic E-state index is 0.382. The van der Waals surface area contributed by atoms with Crippen LogP contribution in [-0.4, -0.2) is 13.7 Å². The lowest BCUT2D eigenvalue weighted by Crippen LogP contribution is -2.42. The molecule has 0 aromatic rings. The topological polar surface area (TPSA) is 9.23 Å². The molecule has 0 aromatic heterocycles. The highest BCUT2D eigenvalue weighted by atomic mass is 16.5. The fourth-order valence-corrected chi connectivity index (χ4v) is 5.32. The molecule has 0 saturated heterocycles. The Labute approximate surface area is 106 Å². The van der Waals surface area contributed by atoms with Gasteiger partial charge in [-0.3, -0.25) is 0 Å². The van der Waals surface area contributed by atoms with Gasteiger partial charge in [0.2, 0.25) is 0 Å². The van der Waals surface area contributed by atoms with Crippen molar-refractivity contribution >= 4 is 0 Å². The van der Waals surface area contributed by atoms with Crippen LogP contribution in [0.25, 0.3) is 0 Å². The Morgan fingerprint density at radius 2 is 2.06 bits per heavy atom. The monoisotopic (exact) mass is 234 g/mol. The summed E-state index contributed by atoms with van der Waals surface area (Å²) in [5.41, 5.74) is 2.52. The van der Waals surface area contributed by atoms with Gasteiger partial charge in [-0.25, -0.2) is 0 Å². The van der Waals surface area contributed by atoms with E-state index in [0.717, 1.165) is 24.4 Å². The molecule has 3 aliphatic rings. The van der Waals surface area contributed by atoms with Crippen LogP contribution in [0.15, 0.2) is 12.2 Å². The molecule has 3 aliphatic carbocycles. The Morgan fingerprint density at radius 3 is 2.76 bits per heavy atom. The van der Waals surface area contributed by atoms with Crippen LogP contribution in [0.2, 0.25) is 0 Å². The Hall–Kier alpha value is -0.300. The van der Waals surface area contributed by atoms with Gasteiger partial charge in [0.25, 0.3) is 0 Å². The van der Waals surface area contributed by atoms with Crippen molar-refractivity contribution in [2.24, 2.45) is 28.6 Å². The molecular weight excluding hydrogens is 208 g/mol. The predicted octanol–water partition coefficient (Wildman–Crippen LogP) is 4.04. The number of rotatable bonds is 2. The summed E-state index contributed by atoms with van der Waals surface area (Å²) in [6.07, 6.45) is 7.02. The molecule has 1 spiro atoms. The second-order valence-corrected chi connectivity index (χ2v) is 7.20. The van der Waals surface area contributed by atoms with Crippen LogP contribution in [0.5, 0.6) is 0 Å². The lowest BCUT2D eigenvalue weighted by atomic mass is 9.56. The molecule has 0 amide bonds. The van der Waals surface area contributed by atoms with Crippen LogP contribution in [0.4, 0.5) is 0 Å². The lowest BCUT2D eigenvalue weighted by molar-refractivity contribution is 0.0360. The van der Waals surface area contributed by atoms with Crippen molar-refractivity contribution < 1.29 is 4.74 Å². The van der Waals surface area contributed by atoms with Crippen molar-refractivity contribution in [1.82, 2.24) is 0 Å². The molecule has 2 bridgehead atoms. The molecule has 3 rings (SSSR count). The smallest absolute Gasteiger partial charge is 0.0496 e. The minimum Gasteiger partial charge on any atom is -0.384 e. The summed E-state index contributed by atoms with van der Waals surface area (Å²) >= 11 is 0. The van der Waals surface area contributed by atoms with Gasteiger partial charge >= 0.3 is 0 Å². The zero-order valence-electron chi connectivity index (χ0n) is 11.6. The van der Waals surface area contributed by atoms with E-state index >= 15 is 0 Å². The summed E-state index contributed by atoms with van der Waals surface area (Å²) in [6, 6.07) is 0. The molecule has 0 aliphatic heterocycles. The SMILES string of the molecule is C=C1C2CCC(COC)C23CCC(C3)C1(C)C. The Morgan fingerprint density at radius 1 is 1.29 bits per heavy atom. The van der Waals surface area contributed by atoms with Gasteiger partial charge in [0, 0.05) is 13.7 Å². The number of fused-ring (bicyclic) bond motifs is 1. The van der Waals surface area contributed by atoms with Crippen molar-refractivity contribution in [2.75, 3.05) is 13.7 Å². The molecule has 4 unspecified atom stereocenters. The second kappa shape index (κ2) is 3.60. The van der Waals surface area contributed by atoms with Crippen LogP contribution in [0.3, 0.4) is 0 Å². The van der Waals surface area contributed by atoms with E-state index in [2.05, 4.69) is 20.4 Å². The highest BCUT2D eigenvalue weighted by Gasteiger charge is 2.61. The van der Waals surface area contributed by atoms with E-state index in [4.69, 9.17) is 4.74 Å². The molecule has 0 N–H and O–H groups in total. The lowest BCUT2D eigenvalue weighted by Gasteiger charge is -2.49. The molecule has 3 saturated carbocycles. The number of hydrogen-bond acceptors (Lipinski definition) is 1. The van der Waals surface area contributed by atoms with Gasteiger partial charge in [-0.2, -0.15) is 0 Å². The second-order valence-electron chi connectivity index (χ2n) is 7.20. The molecule has 4 atom stereocenters. The molecule has 0 radical (unpaired) electrons. The van der Waals surface area contributed by atoms with Gasteiger partial charge in [-0.05, 0) is 60.7 Å². The molecule has 0 aromatic carbocycles. The zero-order valence-corrected chi connectivity index (χ0v) is 11.6. The van der Waals surface area contributed by atoms with Crippen LogP contribution < -0.4 is 0 Å². The fraction of sp³-hybridized carbons (Fsp3) is 0.875. The summed E-state index contributed by atoms with van der Waals surface area (Å²) in [5.74, 6) is 2.47. The third-order valence-electron chi connectivity index (χ3n) is 6.53. The maximum Gasteiger partial charge on any atom is 0.0496 e. The van der Waals surface area contributed by atoms with Gasteiger partial charge in [0.1, 0.15) is 0 Å². The van der Waals surface area contributed by atoms with E-state index in [1.807, 2.05) is 7.11 Å². The largest absolute Gasteiger partial charge is 0.384 e. The molecular formula is C16H26O. The maximum atomic E-state index is 5.48. The first kappa shape index (κ1) is 11.8. The highest BCUT2D eigenvalue weighted by Crippen LogP contribution is 2.70. The van der Waals surface area contributed by atoms with Crippen LogP contribution >= 0.6 is 0 Å². The number of allylic oxidation sites excluding steroid dienone is 1. The van der Waals surface area contributed by atoms with E-state index in [-0.39, 0.29) is 0 Å². The summed E-state index contributed by atoms with van der Waals surface area (Å²) in [4.78, 5) is 0. The summed E-state index contributed by atoms with van der Waals surface area (Å²) in [6.45, 7) is 10.3. The molecule has 17 heavy (non-hydrogen) atoms. The Bertz CT molecular complexity index is 343. The van der Waals surface area contributed by atoms with E-state index < -0.39 is 0 Å². The molecule has 3 fully saturated rings. The first-order valence-corrected chi connectivity index (χ1v) is 7.20. The number of hydrogen-bond donors (Lipinski definition) is 0. The van der Waals surface area contributed by atoms with E-state index in [0.29, 0.717) is 10.8 Å². The number of methoxy groups -OCH3 is 1. The van der Waals surface area contributed by atoms with Crippen molar-refractivity contribution in [3.8, 4) is 0 Å². The van der Waals surface area contributed by atoms with Crippen LogP contribution in [-0.2, 0) is 4.74 Å². The summed E-state index contributed by atoms with van der Waals surface area (Å²) < 4.78 is 5.48. The molecule has 96 valence electrons. The van der Waals surface area contributed by atoms with Gasteiger partial charge in [0.05, 0.1) is 0 Å². The van der Waals surface area contributed by atoms with Crippen molar-refractivity contribution in [1.29, 1.82) is 0 Å². The first-order valence-electron chi connectivity index (χ1n) is 7.20. The summed E-state index contributed by atoms with van der Waals surface area (Å²) in [5, 5.41) is 0. The third kappa shape index (κ3) is 1.35. The molecule has 1 nitrogen and oxygen atoms in total. The summed E-state index contributed by atoms with van der Waals surface area (Å²) in [7, 11) is 1.86. The van der Waals surface area contributed by atoms with Crippen LogP contribution in [0, 0.1) is 28.6 Å². The van der Waals surface area contributed by atoms with Crippen LogP contribution in [0.1, 0.15) is 46.0 Å². The first-order chi connectivity index (χ1) is 8.02. The third-order valence-corrected chi connectivity index (χ3v) is 6.53. The average Bonchev–Trinajstić information content (AvgIpc) is 2.84. The maximum absolute atomic E-state index is 5.48. The molecule has 0 heterocycles. The van der Waals surface area contributed by atoms with E-state index in [1.165, 1.54) is 32.1 Å². The average molecular weight is 234 g/mol. The zero-order chi connectivity index (χ0) is 12.3. The number of ether oxygens (including phenoxy) is 1. The van der Waals surface area contributed by atoms with Gasteiger partial charge in [-0.1, -0.05) is 26.0 Å². The standard InChI is InChI=1S/C16H26O/c1-11-14-6-5-13(10-17-4)16(14)8-7-12(9-16)15(11,2)3/h12-14H,1,5-10H2,2-4H3. The van der Waals surface area contributed by atoms with Crippen molar-refractivity contribution in [2.45, 2.75) is 46.0 Å².